The van der Waals surface area contributed by atoms with Crippen LogP contribution in [-0.4, -0.2) is 18.2 Å². The molecule has 4 heteroatoms. The number of halogens is 1. The summed E-state index contributed by atoms with van der Waals surface area (Å²) in [5.41, 5.74) is 1.63. The Morgan fingerprint density at radius 1 is 1.41 bits per heavy atom. The molecule has 0 fully saturated rings. The van der Waals surface area contributed by atoms with Crippen LogP contribution >= 0.6 is 0 Å². The second kappa shape index (κ2) is 4.84. The minimum atomic E-state index is -1.53. The summed E-state index contributed by atoms with van der Waals surface area (Å²) in [4.78, 5) is 11.2. The third kappa shape index (κ3) is 2.17. The molecule has 0 amide bonds. The highest BCUT2D eigenvalue weighted by Gasteiger charge is 2.25. The van der Waals surface area contributed by atoms with Gasteiger partial charge in [-0.15, -0.1) is 0 Å². The largest absolute Gasteiger partial charge is 0.467 e. The van der Waals surface area contributed by atoms with E-state index in [1.54, 1.807) is 6.07 Å². The molecule has 0 heterocycles. The molecule has 1 aromatic rings. The molecule has 92 valence electrons. The molecule has 0 aromatic heterocycles. The predicted molar refractivity (Wildman–Crippen MR) is 60.0 cm³/mol. The molecule has 0 bridgehead atoms. The predicted octanol–water partition coefficient (Wildman–Crippen LogP) is 1.91. The Morgan fingerprint density at radius 2 is 2.12 bits per heavy atom. The highest BCUT2D eigenvalue weighted by molar-refractivity contribution is 5.76. The number of methoxy groups -OCH3 is 1. The molecule has 1 unspecified atom stereocenters. The summed E-state index contributed by atoms with van der Waals surface area (Å²) in [5.74, 6) is -1.29. The van der Waals surface area contributed by atoms with Gasteiger partial charge in [-0.25, -0.2) is 9.18 Å². The fourth-order valence-corrected chi connectivity index (χ4v) is 2.25. The Morgan fingerprint density at radius 3 is 2.82 bits per heavy atom. The van der Waals surface area contributed by atoms with Crippen molar-refractivity contribution in [2.24, 2.45) is 0 Å². The van der Waals surface area contributed by atoms with Gasteiger partial charge in [0.25, 0.3) is 0 Å². The lowest BCUT2D eigenvalue weighted by Gasteiger charge is -2.19. The Labute approximate surface area is 99.2 Å². The summed E-state index contributed by atoms with van der Waals surface area (Å²) in [6, 6.07) is 3.26. The van der Waals surface area contributed by atoms with Crippen molar-refractivity contribution < 1.29 is 19.0 Å². The van der Waals surface area contributed by atoms with E-state index in [1.165, 1.54) is 13.2 Å². The molecule has 1 aromatic carbocycles. The van der Waals surface area contributed by atoms with Gasteiger partial charge in [-0.1, -0.05) is 12.1 Å². The standard InChI is InChI=1S/C13H15FO3/c1-17-13(16)12(15)10-7-6-8-4-2-3-5-9(8)11(10)14/h6-7,12,15H,2-5H2,1H3. The Hall–Kier alpha value is -1.42. The fraction of sp³-hybridized carbons (Fsp3) is 0.462. The van der Waals surface area contributed by atoms with Crippen LogP contribution in [0.4, 0.5) is 4.39 Å². The summed E-state index contributed by atoms with van der Waals surface area (Å²) in [6.45, 7) is 0. The molecule has 1 atom stereocenters. The van der Waals surface area contributed by atoms with Crippen molar-refractivity contribution in [3.63, 3.8) is 0 Å². The first kappa shape index (κ1) is 12.0. The second-order valence-electron chi connectivity index (χ2n) is 4.24. The van der Waals surface area contributed by atoms with Crippen molar-refractivity contribution in [3.8, 4) is 0 Å². The van der Waals surface area contributed by atoms with Gasteiger partial charge in [-0.05, 0) is 36.8 Å². The number of aryl methyl sites for hydroxylation is 1. The second-order valence-corrected chi connectivity index (χ2v) is 4.24. The lowest BCUT2D eigenvalue weighted by atomic mass is 9.89. The van der Waals surface area contributed by atoms with E-state index >= 15 is 0 Å². The maximum atomic E-state index is 14.1. The van der Waals surface area contributed by atoms with Crippen LogP contribution in [0.2, 0.25) is 0 Å². The number of ether oxygens (including phenoxy) is 1. The van der Waals surface area contributed by atoms with Crippen molar-refractivity contribution in [1.82, 2.24) is 0 Å². The van der Waals surface area contributed by atoms with E-state index in [2.05, 4.69) is 4.74 Å². The minimum Gasteiger partial charge on any atom is -0.467 e. The van der Waals surface area contributed by atoms with Crippen molar-refractivity contribution in [2.45, 2.75) is 31.8 Å². The van der Waals surface area contributed by atoms with E-state index < -0.39 is 17.9 Å². The summed E-state index contributed by atoms with van der Waals surface area (Å²) >= 11 is 0. The van der Waals surface area contributed by atoms with E-state index in [0.717, 1.165) is 24.8 Å². The van der Waals surface area contributed by atoms with Gasteiger partial charge in [0.05, 0.1) is 7.11 Å². The van der Waals surface area contributed by atoms with Gasteiger partial charge in [-0.3, -0.25) is 0 Å². The van der Waals surface area contributed by atoms with Crippen molar-refractivity contribution in [3.05, 3.63) is 34.6 Å². The van der Waals surface area contributed by atoms with Gasteiger partial charge >= 0.3 is 5.97 Å². The van der Waals surface area contributed by atoms with E-state index in [1.807, 2.05) is 0 Å². The lowest BCUT2D eigenvalue weighted by molar-refractivity contribution is -0.150. The zero-order valence-electron chi connectivity index (χ0n) is 9.70. The van der Waals surface area contributed by atoms with Gasteiger partial charge < -0.3 is 9.84 Å². The maximum Gasteiger partial charge on any atom is 0.339 e. The van der Waals surface area contributed by atoms with E-state index in [4.69, 9.17) is 0 Å². The molecule has 0 aliphatic heterocycles. The lowest BCUT2D eigenvalue weighted by Crippen LogP contribution is -2.17. The monoisotopic (exact) mass is 238 g/mol. The van der Waals surface area contributed by atoms with Crippen LogP contribution in [0, 0.1) is 5.82 Å². The molecule has 1 aliphatic rings. The van der Waals surface area contributed by atoms with Crippen molar-refractivity contribution >= 4 is 5.97 Å². The zero-order chi connectivity index (χ0) is 12.4. The van der Waals surface area contributed by atoms with E-state index in [9.17, 15) is 14.3 Å². The molecule has 0 spiro atoms. The number of hydrogen-bond donors (Lipinski definition) is 1. The highest BCUT2D eigenvalue weighted by atomic mass is 19.1. The average molecular weight is 238 g/mol. The van der Waals surface area contributed by atoms with Gasteiger partial charge in [-0.2, -0.15) is 0 Å². The average Bonchev–Trinajstić information content (AvgIpc) is 2.38. The molecule has 3 nitrogen and oxygen atoms in total. The van der Waals surface area contributed by atoms with Crippen LogP contribution in [0.25, 0.3) is 0 Å². The zero-order valence-corrected chi connectivity index (χ0v) is 9.70. The van der Waals surface area contributed by atoms with E-state index in [0.29, 0.717) is 12.0 Å². The number of esters is 1. The van der Waals surface area contributed by atoms with Gasteiger partial charge in [0.2, 0.25) is 0 Å². The third-order valence-electron chi connectivity index (χ3n) is 3.21. The van der Waals surface area contributed by atoms with Gasteiger partial charge in [0, 0.05) is 5.56 Å². The van der Waals surface area contributed by atoms with Crippen LogP contribution < -0.4 is 0 Å². The number of carbonyl (C=O) groups excluding carboxylic acids is 1. The summed E-state index contributed by atoms with van der Waals surface area (Å²) in [6.07, 6.45) is 2.00. The molecule has 0 radical (unpaired) electrons. The Balaban J connectivity index is 2.39. The van der Waals surface area contributed by atoms with Crippen LogP contribution in [0.3, 0.4) is 0 Å². The summed E-state index contributed by atoms with van der Waals surface area (Å²) < 4.78 is 18.5. The van der Waals surface area contributed by atoms with Crippen LogP contribution in [0.5, 0.6) is 0 Å². The summed E-state index contributed by atoms with van der Waals surface area (Å²) in [5, 5.41) is 9.66. The Kier molecular flexibility index (Phi) is 3.43. The van der Waals surface area contributed by atoms with Crippen LogP contribution in [0.1, 0.15) is 35.6 Å². The first-order valence-corrected chi connectivity index (χ1v) is 5.71. The number of aliphatic hydroxyl groups is 1. The molecule has 0 saturated carbocycles. The molecule has 2 rings (SSSR count). The molecule has 0 saturated heterocycles. The SMILES string of the molecule is COC(=O)C(O)c1ccc2c(c1F)CCCC2. The first-order chi connectivity index (χ1) is 8.15. The van der Waals surface area contributed by atoms with Gasteiger partial charge in [0.1, 0.15) is 5.82 Å². The first-order valence-electron chi connectivity index (χ1n) is 5.71. The number of hydrogen-bond acceptors (Lipinski definition) is 3. The Bertz CT molecular complexity index is 443. The topological polar surface area (TPSA) is 46.5 Å². The van der Waals surface area contributed by atoms with Crippen LogP contribution in [-0.2, 0) is 22.4 Å². The molecular weight excluding hydrogens is 223 g/mol. The molecule has 1 aliphatic carbocycles. The highest BCUT2D eigenvalue weighted by Crippen LogP contribution is 2.29. The van der Waals surface area contributed by atoms with Crippen LogP contribution in [0.15, 0.2) is 12.1 Å². The normalized spacial score (nSPS) is 16.2. The molecular formula is C13H15FO3. The fourth-order valence-electron chi connectivity index (χ4n) is 2.25. The smallest absolute Gasteiger partial charge is 0.339 e. The third-order valence-corrected chi connectivity index (χ3v) is 3.21. The quantitative estimate of drug-likeness (QED) is 0.800. The molecule has 17 heavy (non-hydrogen) atoms. The number of carbonyl (C=O) groups is 1. The number of aliphatic hydroxyl groups excluding tert-OH is 1. The summed E-state index contributed by atoms with van der Waals surface area (Å²) in [7, 11) is 1.17. The van der Waals surface area contributed by atoms with Crippen molar-refractivity contribution in [1.29, 1.82) is 0 Å². The number of benzene rings is 1. The molecule has 1 N–H and O–H groups in total. The number of rotatable bonds is 2. The van der Waals surface area contributed by atoms with E-state index in [-0.39, 0.29) is 5.56 Å². The maximum absolute atomic E-state index is 14.1. The van der Waals surface area contributed by atoms with Crippen molar-refractivity contribution in [2.75, 3.05) is 7.11 Å². The minimum absolute atomic E-state index is 0.0116. The van der Waals surface area contributed by atoms with Gasteiger partial charge in [0.15, 0.2) is 6.10 Å². The number of fused-ring (bicyclic) bond motifs is 1.